The molecule has 1 N–H and O–H groups in total. The molecule has 4 atom stereocenters. The van der Waals surface area contributed by atoms with Gasteiger partial charge in [0.1, 0.15) is 5.82 Å². The van der Waals surface area contributed by atoms with Crippen LogP contribution in [0.4, 0.5) is 0 Å². The predicted octanol–water partition coefficient (Wildman–Crippen LogP) is 2.61. The number of aromatic nitrogens is 2. The van der Waals surface area contributed by atoms with Gasteiger partial charge in [0, 0.05) is 31.5 Å². The molecule has 2 aliphatic carbocycles. The molecule has 18 heavy (non-hydrogen) atoms. The molecule has 2 saturated carbocycles. The van der Waals surface area contributed by atoms with Crippen LogP contribution in [-0.4, -0.2) is 22.1 Å². The maximum absolute atomic E-state index is 4.26. The first-order chi connectivity index (χ1) is 8.74. The highest BCUT2D eigenvalue weighted by molar-refractivity contribution is 4.94. The van der Waals surface area contributed by atoms with Crippen molar-refractivity contribution in [3.63, 3.8) is 0 Å². The first-order valence-corrected chi connectivity index (χ1v) is 7.45. The summed E-state index contributed by atoms with van der Waals surface area (Å²) in [4.78, 5) is 4.26. The molecule has 3 rings (SSSR count). The second-order valence-corrected chi connectivity index (χ2v) is 6.25. The van der Waals surface area contributed by atoms with Crippen LogP contribution >= 0.6 is 0 Å². The van der Waals surface area contributed by atoms with Gasteiger partial charge in [-0.25, -0.2) is 4.98 Å². The van der Waals surface area contributed by atoms with Crippen molar-refractivity contribution < 1.29 is 0 Å². The summed E-state index contributed by atoms with van der Waals surface area (Å²) in [6.07, 6.45) is 9.93. The minimum Gasteiger partial charge on any atom is -0.334 e. The zero-order chi connectivity index (χ0) is 12.5. The van der Waals surface area contributed by atoms with Crippen molar-refractivity contribution in [2.45, 2.75) is 52.1 Å². The van der Waals surface area contributed by atoms with Gasteiger partial charge in [-0.1, -0.05) is 6.42 Å². The van der Waals surface area contributed by atoms with Crippen molar-refractivity contribution in [3.05, 3.63) is 18.2 Å². The topological polar surface area (TPSA) is 29.9 Å². The van der Waals surface area contributed by atoms with Gasteiger partial charge in [-0.15, -0.1) is 0 Å². The molecule has 0 radical (unpaired) electrons. The minimum absolute atomic E-state index is 0.684. The first-order valence-electron chi connectivity index (χ1n) is 7.45. The fourth-order valence-corrected chi connectivity index (χ4v) is 4.11. The van der Waals surface area contributed by atoms with Crippen LogP contribution in [0, 0.1) is 24.7 Å². The van der Waals surface area contributed by atoms with E-state index in [1.54, 1.807) is 0 Å². The molecule has 2 fully saturated rings. The zero-order valence-corrected chi connectivity index (χ0v) is 11.6. The molecule has 3 heteroatoms. The van der Waals surface area contributed by atoms with E-state index in [0.29, 0.717) is 6.04 Å². The molecular formula is C15H25N3. The van der Waals surface area contributed by atoms with E-state index >= 15 is 0 Å². The van der Waals surface area contributed by atoms with E-state index in [9.17, 15) is 0 Å². The van der Waals surface area contributed by atoms with Crippen molar-refractivity contribution in [2.24, 2.45) is 17.8 Å². The Morgan fingerprint density at radius 2 is 2.33 bits per heavy atom. The lowest BCUT2D eigenvalue weighted by Gasteiger charge is -2.28. The summed E-state index contributed by atoms with van der Waals surface area (Å²) in [5.41, 5.74) is 0. The number of rotatable bonds is 5. The molecule has 2 aliphatic rings. The fourth-order valence-electron chi connectivity index (χ4n) is 4.11. The van der Waals surface area contributed by atoms with Crippen LogP contribution in [0.15, 0.2) is 12.4 Å². The monoisotopic (exact) mass is 247 g/mol. The molecule has 1 aromatic rings. The van der Waals surface area contributed by atoms with E-state index in [-0.39, 0.29) is 0 Å². The van der Waals surface area contributed by atoms with E-state index < -0.39 is 0 Å². The van der Waals surface area contributed by atoms with E-state index in [4.69, 9.17) is 0 Å². The lowest BCUT2D eigenvalue weighted by molar-refractivity contribution is 0.259. The van der Waals surface area contributed by atoms with Crippen molar-refractivity contribution in [1.29, 1.82) is 0 Å². The van der Waals surface area contributed by atoms with Gasteiger partial charge in [-0.2, -0.15) is 0 Å². The van der Waals surface area contributed by atoms with E-state index in [2.05, 4.69) is 34.9 Å². The summed E-state index contributed by atoms with van der Waals surface area (Å²) < 4.78 is 2.22. The molecule has 0 saturated heterocycles. The van der Waals surface area contributed by atoms with Gasteiger partial charge >= 0.3 is 0 Å². The Kier molecular flexibility index (Phi) is 3.42. The second kappa shape index (κ2) is 5.04. The van der Waals surface area contributed by atoms with Crippen LogP contribution in [0.25, 0.3) is 0 Å². The number of hydrogen-bond acceptors (Lipinski definition) is 2. The standard InChI is InChI=1S/C15H25N3/c1-11(15-10-13-3-4-14(15)9-13)16-5-7-18-8-6-17-12(18)2/h6,8,11,13-16H,3-5,7,9-10H2,1-2H3. The van der Waals surface area contributed by atoms with Crippen LogP contribution in [0.3, 0.4) is 0 Å². The fraction of sp³-hybridized carbons (Fsp3) is 0.800. The summed E-state index contributed by atoms with van der Waals surface area (Å²) in [7, 11) is 0. The number of nitrogens with zero attached hydrogens (tertiary/aromatic N) is 2. The zero-order valence-electron chi connectivity index (χ0n) is 11.6. The molecule has 100 valence electrons. The maximum Gasteiger partial charge on any atom is 0.105 e. The SMILES string of the molecule is Cc1nccn1CCNC(C)C1CC2CCC1C2. The third kappa shape index (κ3) is 2.33. The van der Waals surface area contributed by atoms with Crippen molar-refractivity contribution in [3.8, 4) is 0 Å². The van der Waals surface area contributed by atoms with Gasteiger partial charge in [0.25, 0.3) is 0 Å². The minimum atomic E-state index is 0.684. The number of hydrogen-bond donors (Lipinski definition) is 1. The predicted molar refractivity (Wildman–Crippen MR) is 73.4 cm³/mol. The normalized spacial score (nSPS) is 32.0. The van der Waals surface area contributed by atoms with Gasteiger partial charge in [0.05, 0.1) is 0 Å². The van der Waals surface area contributed by atoms with Crippen LogP contribution in [-0.2, 0) is 6.54 Å². The van der Waals surface area contributed by atoms with E-state index in [0.717, 1.165) is 36.7 Å². The third-order valence-corrected chi connectivity index (χ3v) is 5.18. The maximum atomic E-state index is 4.26. The average molecular weight is 247 g/mol. The van der Waals surface area contributed by atoms with Crippen LogP contribution in [0.2, 0.25) is 0 Å². The molecule has 1 heterocycles. The summed E-state index contributed by atoms with van der Waals surface area (Å²) >= 11 is 0. The van der Waals surface area contributed by atoms with Crippen molar-refractivity contribution in [2.75, 3.05) is 6.54 Å². The largest absolute Gasteiger partial charge is 0.334 e. The second-order valence-electron chi connectivity index (χ2n) is 6.25. The molecule has 0 amide bonds. The smallest absolute Gasteiger partial charge is 0.105 e. The lowest BCUT2D eigenvalue weighted by Crippen LogP contribution is -2.38. The molecule has 0 aromatic carbocycles. The highest BCUT2D eigenvalue weighted by Crippen LogP contribution is 2.49. The Balaban J connectivity index is 1.45. The van der Waals surface area contributed by atoms with Crippen LogP contribution < -0.4 is 5.32 Å². The Labute approximate surface area is 110 Å². The molecule has 1 aromatic heterocycles. The molecule has 4 unspecified atom stereocenters. The number of fused-ring (bicyclic) bond motifs is 2. The van der Waals surface area contributed by atoms with Gasteiger partial charge in [-0.05, 0) is 50.9 Å². The summed E-state index contributed by atoms with van der Waals surface area (Å²) in [5.74, 6) is 4.13. The first kappa shape index (κ1) is 12.2. The Hall–Kier alpha value is -0.830. The van der Waals surface area contributed by atoms with E-state index in [1.807, 2.05) is 6.20 Å². The highest BCUT2D eigenvalue weighted by atomic mass is 15.1. The Bertz CT molecular complexity index is 398. The van der Waals surface area contributed by atoms with Crippen molar-refractivity contribution >= 4 is 0 Å². The van der Waals surface area contributed by atoms with Gasteiger partial charge in [-0.3, -0.25) is 0 Å². The van der Waals surface area contributed by atoms with E-state index in [1.165, 1.54) is 25.7 Å². The summed E-state index contributed by atoms with van der Waals surface area (Å²) in [6, 6.07) is 0.684. The Morgan fingerprint density at radius 3 is 2.94 bits per heavy atom. The van der Waals surface area contributed by atoms with Crippen LogP contribution in [0.1, 0.15) is 38.4 Å². The van der Waals surface area contributed by atoms with Crippen molar-refractivity contribution in [1.82, 2.24) is 14.9 Å². The molecule has 3 nitrogen and oxygen atoms in total. The molecule has 0 spiro atoms. The molecule has 2 bridgehead atoms. The van der Waals surface area contributed by atoms with Gasteiger partial charge in [0.15, 0.2) is 0 Å². The number of nitrogens with one attached hydrogen (secondary N) is 1. The number of aryl methyl sites for hydroxylation is 1. The summed E-state index contributed by atoms with van der Waals surface area (Å²) in [5, 5.41) is 3.73. The lowest BCUT2D eigenvalue weighted by atomic mass is 9.84. The van der Waals surface area contributed by atoms with Gasteiger partial charge in [0.2, 0.25) is 0 Å². The molecule has 0 aliphatic heterocycles. The molecular weight excluding hydrogens is 222 g/mol. The highest BCUT2D eigenvalue weighted by Gasteiger charge is 2.41. The summed E-state index contributed by atoms with van der Waals surface area (Å²) in [6.45, 7) is 6.55. The van der Waals surface area contributed by atoms with Gasteiger partial charge < -0.3 is 9.88 Å². The average Bonchev–Trinajstić information content (AvgIpc) is 3.06. The number of imidazole rings is 1. The third-order valence-electron chi connectivity index (χ3n) is 5.18. The Morgan fingerprint density at radius 1 is 1.44 bits per heavy atom. The van der Waals surface area contributed by atoms with Crippen LogP contribution in [0.5, 0.6) is 0 Å². The quantitative estimate of drug-likeness (QED) is 0.867.